The topological polar surface area (TPSA) is 51.6 Å². The molecule has 4 heterocycles. The maximum absolute atomic E-state index is 5.29. The Labute approximate surface area is 353 Å². The summed E-state index contributed by atoms with van der Waals surface area (Å²) in [5.74, 6) is 1.87. The number of hydrogen-bond acceptors (Lipinski definition) is 6. The molecule has 0 fully saturated rings. The number of fused-ring (bicyclic) bond motifs is 7. The summed E-state index contributed by atoms with van der Waals surface area (Å²) in [6, 6.07) is 64.7. The van der Waals surface area contributed by atoms with Gasteiger partial charge in [-0.25, -0.2) is 15.0 Å². The normalized spacial score (nSPS) is 11.7. The molecule has 0 bridgehead atoms. The van der Waals surface area contributed by atoms with Crippen molar-refractivity contribution in [3.8, 4) is 67.5 Å². The van der Waals surface area contributed by atoms with Crippen LogP contribution in [0.1, 0.15) is 0 Å². The lowest BCUT2D eigenvalue weighted by atomic mass is 9.94. The van der Waals surface area contributed by atoms with Crippen LogP contribution in [0.5, 0.6) is 0 Å². The van der Waals surface area contributed by atoms with Crippen molar-refractivity contribution in [2.75, 3.05) is 0 Å². The molecule has 60 heavy (non-hydrogen) atoms. The van der Waals surface area contributed by atoms with Gasteiger partial charge in [-0.05, 0) is 63.5 Å². The number of nitrogens with zero attached hydrogens (tertiary/aromatic N) is 4. The Morgan fingerprint density at radius 3 is 1.38 bits per heavy atom. The lowest BCUT2D eigenvalue weighted by Crippen LogP contribution is -2.00. The van der Waals surface area contributed by atoms with E-state index in [2.05, 4.69) is 163 Å². The van der Waals surface area contributed by atoms with Crippen LogP contribution < -0.4 is 0 Å². The molecule has 0 N–H and O–H groups in total. The average molecular weight is 801 g/mol. The summed E-state index contributed by atoms with van der Waals surface area (Å²) < 4.78 is 5.10. The number of rotatable bonds is 6. The molecule has 0 atom stereocenters. The summed E-state index contributed by atoms with van der Waals surface area (Å²) in [7, 11) is 0. The van der Waals surface area contributed by atoms with Crippen molar-refractivity contribution in [2.24, 2.45) is 0 Å². The Bertz CT molecular complexity index is 3470. The minimum atomic E-state index is 0.617. The number of thiophene rings is 2. The quantitative estimate of drug-likeness (QED) is 0.168. The molecule has 12 rings (SSSR count). The first kappa shape index (κ1) is 34.6. The lowest BCUT2D eigenvalue weighted by molar-refractivity contribution is 1.07. The van der Waals surface area contributed by atoms with E-state index in [1.165, 1.54) is 56.9 Å². The van der Waals surface area contributed by atoms with Crippen molar-refractivity contribution in [3.63, 3.8) is 0 Å². The van der Waals surface area contributed by atoms with Gasteiger partial charge in [0.25, 0.3) is 0 Å². The highest BCUT2D eigenvalue weighted by Crippen LogP contribution is 2.45. The van der Waals surface area contributed by atoms with E-state index in [1.807, 2.05) is 59.3 Å². The van der Waals surface area contributed by atoms with Gasteiger partial charge >= 0.3 is 0 Å². The summed E-state index contributed by atoms with van der Waals surface area (Å²) in [5, 5.41) is 7.38. The average Bonchev–Trinajstić information content (AvgIpc) is 3.90. The summed E-state index contributed by atoms with van der Waals surface area (Å²) >= 11 is 3.70. The zero-order valence-corrected chi connectivity index (χ0v) is 33.7. The highest BCUT2D eigenvalue weighted by Gasteiger charge is 2.19. The smallest absolute Gasteiger partial charge is 0.164 e. The van der Waals surface area contributed by atoms with E-state index in [4.69, 9.17) is 15.0 Å². The predicted molar refractivity (Wildman–Crippen MR) is 254 cm³/mol. The van der Waals surface area contributed by atoms with Gasteiger partial charge in [0.2, 0.25) is 0 Å². The van der Waals surface area contributed by atoms with Gasteiger partial charge in [0.15, 0.2) is 17.5 Å². The molecule has 4 aromatic heterocycles. The van der Waals surface area contributed by atoms with Gasteiger partial charge in [-0.15, -0.1) is 22.7 Å². The van der Waals surface area contributed by atoms with E-state index >= 15 is 0 Å². The van der Waals surface area contributed by atoms with Crippen LogP contribution in [0.4, 0.5) is 0 Å². The van der Waals surface area contributed by atoms with Crippen molar-refractivity contribution in [1.82, 2.24) is 19.9 Å². The second-order valence-electron chi connectivity index (χ2n) is 15.0. The molecular weight excluding hydrogens is 769 g/mol. The third-order valence-electron chi connectivity index (χ3n) is 11.4. The largest absolute Gasteiger partial charge is 0.263 e. The maximum Gasteiger partial charge on any atom is 0.164 e. The van der Waals surface area contributed by atoms with Crippen molar-refractivity contribution in [3.05, 3.63) is 194 Å². The van der Waals surface area contributed by atoms with Gasteiger partial charge in [0.05, 0.1) is 0 Å². The minimum Gasteiger partial charge on any atom is -0.263 e. The van der Waals surface area contributed by atoms with Crippen molar-refractivity contribution >= 4 is 73.8 Å². The molecule has 0 unspecified atom stereocenters. The van der Waals surface area contributed by atoms with Crippen LogP contribution in [0.2, 0.25) is 0 Å². The molecule has 0 saturated carbocycles. The lowest BCUT2D eigenvalue weighted by Gasteiger charge is -2.14. The van der Waals surface area contributed by atoms with Crippen LogP contribution in [-0.2, 0) is 0 Å². The number of aromatic nitrogens is 4. The summed E-state index contributed by atoms with van der Waals surface area (Å²) in [4.78, 5) is 20.2. The monoisotopic (exact) mass is 800 g/mol. The van der Waals surface area contributed by atoms with Gasteiger partial charge in [-0.2, -0.15) is 0 Å². The zero-order chi connectivity index (χ0) is 39.6. The Morgan fingerprint density at radius 1 is 0.300 bits per heavy atom. The third kappa shape index (κ3) is 5.88. The predicted octanol–water partition coefficient (Wildman–Crippen LogP) is 15.2. The first-order valence-electron chi connectivity index (χ1n) is 19.9. The molecule has 8 aromatic carbocycles. The van der Waals surface area contributed by atoms with E-state index in [0.29, 0.717) is 17.5 Å². The Balaban J connectivity index is 1.07. The standard InChI is InChI=1S/C54H32N4S2/c1-2-12-34(13-3-1)52-56-53(35-26-24-33(25-27-35)47-32-55-31-36-14-4-5-15-40(36)47)58-54(57-52)39-29-37(41-18-10-20-45-43-16-6-8-22-48(43)59-50(41)45)28-38(30-39)42-19-11-21-46-44-17-7-9-23-49(44)60-51(42)46/h1-32H. The Kier molecular flexibility index (Phi) is 8.18. The second kappa shape index (κ2) is 14.2. The van der Waals surface area contributed by atoms with Gasteiger partial charge in [0.1, 0.15) is 0 Å². The van der Waals surface area contributed by atoms with E-state index in [9.17, 15) is 0 Å². The second-order valence-corrected chi connectivity index (χ2v) is 17.1. The molecule has 0 radical (unpaired) electrons. The molecule has 0 aliphatic rings. The Hall–Kier alpha value is -7.38. The first-order chi connectivity index (χ1) is 29.7. The summed E-state index contributed by atoms with van der Waals surface area (Å²) in [6.45, 7) is 0. The third-order valence-corrected chi connectivity index (χ3v) is 13.9. The molecule has 6 heteroatoms. The van der Waals surface area contributed by atoms with Crippen LogP contribution in [0.3, 0.4) is 0 Å². The first-order valence-corrected chi connectivity index (χ1v) is 21.6. The fourth-order valence-corrected chi connectivity index (χ4v) is 11.0. The number of hydrogen-bond donors (Lipinski definition) is 0. The van der Waals surface area contributed by atoms with Crippen LogP contribution in [0.25, 0.3) is 119 Å². The summed E-state index contributed by atoms with van der Waals surface area (Å²) in [5.41, 5.74) is 9.57. The number of pyridine rings is 1. The molecule has 12 aromatic rings. The van der Waals surface area contributed by atoms with Crippen molar-refractivity contribution in [2.45, 2.75) is 0 Å². The maximum atomic E-state index is 5.29. The highest BCUT2D eigenvalue weighted by atomic mass is 32.1. The molecule has 280 valence electrons. The Morgan fingerprint density at radius 2 is 0.767 bits per heavy atom. The highest BCUT2D eigenvalue weighted by molar-refractivity contribution is 7.26. The van der Waals surface area contributed by atoms with Gasteiger partial charge in [-0.1, -0.05) is 152 Å². The van der Waals surface area contributed by atoms with Gasteiger partial charge < -0.3 is 0 Å². The molecule has 0 saturated heterocycles. The van der Waals surface area contributed by atoms with Crippen LogP contribution >= 0.6 is 22.7 Å². The zero-order valence-electron chi connectivity index (χ0n) is 32.1. The fourth-order valence-electron chi connectivity index (χ4n) is 8.51. The van der Waals surface area contributed by atoms with Gasteiger partial charge in [0, 0.05) is 80.4 Å². The molecule has 0 aliphatic heterocycles. The molecular formula is C54H32N4S2. The van der Waals surface area contributed by atoms with Crippen LogP contribution in [0, 0.1) is 0 Å². The van der Waals surface area contributed by atoms with E-state index in [1.54, 1.807) is 0 Å². The van der Waals surface area contributed by atoms with E-state index < -0.39 is 0 Å². The minimum absolute atomic E-state index is 0.617. The SMILES string of the molecule is c1ccc(-c2nc(-c3ccc(-c4cncc5ccccc45)cc3)nc(-c3cc(-c4cccc5c4sc4ccccc45)cc(-c4cccc5c4sc4ccccc45)c3)n2)cc1. The van der Waals surface area contributed by atoms with Crippen LogP contribution in [0.15, 0.2) is 194 Å². The molecule has 0 spiro atoms. The van der Waals surface area contributed by atoms with Crippen LogP contribution in [-0.4, -0.2) is 19.9 Å². The fraction of sp³-hybridized carbons (Fsp3) is 0. The number of benzene rings is 8. The van der Waals surface area contributed by atoms with E-state index in [-0.39, 0.29) is 0 Å². The molecule has 4 nitrogen and oxygen atoms in total. The van der Waals surface area contributed by atoms with E-state index in [0.717, 1.165) is 44.3 Å². The molecule has 0 amide bonds. The van der Waals surface area contributed by atoms with Crippen molar-refractivity contribution in [1.29, 1.82) is 0 Å². The molecule has 0 aliphatic carbocycles. The summed E-state index contributed by atoms with van der Waals surface area (Å²) in [6.07, 6.45) is 3.85. The van der Waals surface area contributed by atoms with Gasteiger partial charge in [-0.3, -0.25) is 4.98 Å². The van der Waals surface area contributed by atoms with Crippen molar-refractivity contribution < 1.29 is 0 Å².